The van der Waals surface area contributed by atoms with Crippen LogP contribution < -0.4 is 14.8 Å². The number of hydrogen-bond acceptors (Lipinski definition) is 6. The average molecular weight is 572 g/mol. The van der Waals surface area contributed by atoms with Gasteiger partial charge in [-0.2, -0.15) is 0 Å². The van der Waals surface area contributed by atoms with Crippen molar-refractivity contribution in [2.24, 2.45) is 0 Å². The number of carbonyl (C=O) groups is 2. The first-order chi connectivity index (χ1) is 20.0. The molecule has 1 aliphatic rings. The van der Waals surface area contributed by atoms with Crippen molar-refractivity contribution in [3.8, 4) is 11.5 Å². The second kappa shape index (κ2) is 11.3. The van der Waals surface area contributed by atoms with E-state index in [0.717, 1.165) is 0 Å². The number of carbonyl (C=O) groups excluding carboxylic acids is 2. The molecule has 0 spiro atoms. The van der Waals surface area contributed by atoms with Crippen molar-refractivity contribution in [1.82, 2.24) is 19.9 Å². The topological polar surface area (TPSA) is 98.6 Å². The van der Waals surface area contributed by atoms with E-state index in [0.29, 0.717) is 38.8 Å². The van der Waals surface area contributed by atoms with Gasteiger partial charge in [0.05, 0.1) is 5.52 Å². The quantitative estimate of drug-likeness (QED) is 0.269. The Labute approximate surface area is 239 Å². The van der Waals surface area contributed by atoms with Gasteiger partial charge in [-0.3, -0.25) is 9.59 Å². The summed E-state index contributed by atoms with van der Waals surface area (Å²) in [7, 11) is 0. The SMILES string of the molecule is O=C(Nc1ccc2c(c1)OCO2)C(c1ccc(Cl)cc1)N(Cc1ccccc1F)C(=O)Cn1nnc2ccccc21. The smallest absolute Gasteiger partial charge is 0.251 e. The van der Waals surface area contributed by atoms with Crippen LogP contribution in [0, 0.1) is 5.82 Å². The van der Waals surface area contributed by atoms with Gasteiger partial charge in [0.2, 0.25) is 12.7 Å². The van der Waals surface area contributed by atoms with Crippen LogP contribution in [0.2, 0.25) is 5.02 Å². The van der Waals surface area contributed by atoms with Gasteiger partial charge < -0.3 is 19.7 Å². The Kier molecular flexibility index (Phi) is 7.22. The van der Waals surface area contributed by atoms with Crippen LogP contribution in [-0.2, 0) is 22.7 Å². The zero-order valence-electron chi connectivity index (χ0n) is 21.5. The van der Waals surface area contributed by atoms with Crippen molar-refractivity contribution in [3.05, 3.63) is 113 Å². The highest BCUT2D eigenvalue weighted by atomic mass is 35.5. The van der Waals surface area contributed by atoms with E-state index in [1.807, 2.05) is 12.1 Å². The number of hydrogen-bond donors (Lipinski definition) is 1. The predicted molar refractivity (Wildman–Crippen MR) is 150 cm³/mol. The first kappa shape index (κ1) is 26.3. The lowest BCUT2D eigenvalue weighted by Gasteiger charge is -2.32. The fourth-order valence-electron chi connectivity index (χ4n) is 4.69. The molecule has 9 nitrogen and oxygen atoms in total. The summed E-state index contributed by atoms with van der Waals surface area (Å²) in [6.07, 6.45) is 0. The number of benzene rings is 4. The lowest BCUT2D eigenvalue weighted by Crippen LogP contribution is -2.42. The number of fused-ring (bicyclic) bond motifs is 2. The molecule has 2 amide bonds. The summed E-state index contributed by atoms with van der Waals surface area (Å²) in [5.74, 6) is -0.427. The third kappa shape index (κ3) is 5.55. The molecule has 0 radical (unpaired) electrons. The van der Waals surface area contributed by atoms with Crippen LogP contribution in [0.3, 0.4) is 0 Å². The highest BCUT2D eigenvalue weighted by Crippen LogP contribution is 2.35. The summed E-state index contributed by atoms with van der Waals surface area (Å²) in [6.45, 7) is -0.321. The second-order valence-corrected chi connectivity index (χ2v) is 9.80. The predicted octanol–water partition coefficient (Wildman–Crippen LogP) is 5.36. The first-order valence-corrected chi connectivity index (χ1v) is 13.1. The van der Waals surface area contributed by atoms with Crippen molar-refractivity contribution in [2.45, 2.75) is 19.1 Å². The molecule has 6 rings (SSSR count). The molecule has 0 saturated heterocycles. The third-order valence-corrected chi connectivity index (χ3v) is 6.96. The van der Waals surface area contributed by atoms with Crippen molar-refractivity contribution in [3.63, 3.8) is 0 Å². The number of nitrogens with zero attached hydrogens (tertiary/aromatic N) is 4. The van der Waals surface area contributed by atoms with E-state index in [1.165, 1.54) is 15.6 Å². The lowest BCUT2D eigenvalue weighted by atomic mass is 10.0. The average Bonchev–Trinajstić information content (AvgIpc) is 3.61. The minimum Gasteiger partial charge on any atom is -0.454 e. The monoisotopic (exact) mass is 571 g/mol. The molecular weight excluding hydrogens is 549 g/mol. The van der Waals surface area contributed by atoms with Gasteiger partial charge in [0.1, 0.15) is 23.9 Å². The molecule has 1 aliphatic heterocycles. The molecule has 41 heavy (non-hydrogen) atoms. The Morgan fingerprint density at radius 1 is 0.976 bits per heavy atom. The molecule has 1 unspecified atom stereocenters. The minimum absolute atomic E-state index is 0.0853. The van der Waals surface area contributed by atoms with Crippen molar-refractivity contribution < 1.29 is 23.5 Å². The van der Waals surface area contributed by atoms with Crippen molar-refractivity contribution in [1.29, 1.82) is 0 Å². The maximum absolute atomic E-state index is 14.9. The third-order valence-electron chi connectivity index (χ3n) is 6.71. The maximum atomic E-state index is 14.9. The Morgan fingerprint density at radius 2 is 1.73 bits per heavy atom. The number of halogens is 2. The van der Waals surface area contributed by atoms with Gasteiger partial charge in [0.25, 0.3) is 5.91 Å². The van der Waals surface area contributed by atoms with Crippen LogP contribution in [-0.4, -0.2) is 38.5 Å². The zero-order chi connectivity index (χ0) is 28.3. The van der Waals surface area contributed by atoms with E-state index in [1.54, 1.807) is 72.8 Å². The summed E-state index contributed by atoms with van der Waals surface area (Å²) in [4.78, 5) is 29.4. The summed E-state index contributed by atoms with van der Waals surface area (Å²) in [5.41, 5.74) is 2.45. The van der Waals surface area contributed by atoms with Crippen molar-refractivity contribution in [2.75, 3.05) is 12.1 Å². The molecule has 2 heterocycles. The van der Waals surface area contributed by atoms with Crippen molar-refractivity contribution >= 4 is 40.1 Å². The summed E-state index contributed by atoms with van der Waals surface area (Å²) in [5, 5.41) is 11.6. The molecule has 0 bridgehead atoms. The van der Waals surface area contributed by atoms with Crippen LogP contribution in [0.15, 0.2) is 91.0 Å². The van der Waals surface area contributed by atoms with Gasteiger partial charge >= 0.3 is 0 Å². The zero-order valence-corrected chi connectivity index (χ0v) is 22.3. The highest BCUT2D eigenvalue weighted by Gasteiger charge is 2.33. The molecule has 4 aromatic carbocycles. The van der Waals surface area contributed by atoms with Gasteiger partial charge in [-0.15, -0.1) is 5.10 Å². The van der Waals surface area contributed by atoms with Crippen LogP contribution in [0.4, 0.5) is 10.1 Å². The summed E-state index contributed by atoms with van der Waals surface area (Å²) >= 11 is 6.15. The van der Waals surface area contributed by atoms with E-state index >= 15 is 0 Å². The number of aromatic nitrogens is 3. The van der Waals surface area contributed by atoms with Gasteiger partial charge in [-0.05, 0) is 48.0 Å². The molecular formula is C30H23ClFN5O4. The van der Waals surface area contributed by atoms with E-state index in [9.17, 15) is 14.0 Å². The Hall–Kier alpha value is -4.96. The highest BCUT2D eigenvalue weighted by molar-refractivity contribution is 6.30. The van der Waals surface area contributed by atoms with E-state index in [2.05, 4.69) is 15.6 Å². The molecule has 1 atom stereocenters. The van der Waals surface area contributed by atoms with E-state index in [-0.39, 0.29) is 25.4 Å². The number of para-hydroxylation sites is 1. The number of rotatable bonds is 8. The molecule has 206 valence electrons. The second-order valence-electron chi connectivity index (χ2n) is 9.36. The Balaban J connectivity index is 1.39. The van der Waals surface area contributed by atoms with E-state index < -0.39 is 23.7 Å². The molecule has 5 aromatic rings. The van der Waals surface area contributed by atoms with E-state index in [4.69, 9.17) is 21.1 Å². The first-order valence-electron chi connectivity index (χ1n) is 12.7. The van der Waals surface area contributed by atoms with Gasteiger partial charge in [-0.25, -0.2) is 9.07 Å². The standard InChI is InChI=1S/C30H23ClFN5O4/c31-21-11-9-19(10-12-21)29(30(39)33-22-13-14-26-27(15-22)41-18-40-26)36(16-20-5-1-2-6-23(20)32)28(38)17-37-25-8-4-3-7-24(25)34-35-37/h1-15,29H,16-18H2,(H,33,39). The molecule has 0 fully saturated rings. The van der Waals surface area contributed by atoms with Crippen LogP contribution in [0.1, 0.15) is 17.2 Å². The fourth-order valence-corrected chi connectivity index (χ4v) is 4.82. The largest absolute Gasteiger partial charge is 0.454 e. The number of amides is 2. The van der Waals surface area contributed by atoms with Crippen LogP contribution in [0.5, 0.6) is 11.5 Å². The summed E-state index contributed by atoms with van der Waals surface area (Å²) in [6, 6.07) is 23.8. The fraction of sp³-hybridized carbons (Fsp3) is 0.133. The number of ether oxygens (including phenoxy) is 2. The molecule has 1 aromatic heterocycles. The maximum Gasteiger partial charge on any atom is 0.251 e. The molecule has 0 aliphatic carbocycles. The summed E-state index contributed by atoms with van der Waals surface area (Å²) < 4.78 is 27.1. The van der Waals surface area contributed by atoms with Gasteiger partial charge in [0, 0.05) is 28.9 Å². The minimum atomic E-state index is -1.15. The lowest BCUT2D eigenvalue weighted by molar-refractivity contribution is -0.140. The molecule has 11 heteroatoms. The Bertz CT molecular complexity index is 1740. The molecule has 1 N–H and O–H groups in total. The normalized spacial score (nSPS) is 12.7. The van der Waals surface area contributed by atoms with Gasteiger partial charge in [0.15, 0.2) is 11.5 Å². The van der Waals surface area contributed by atoms with Crippen LogP contribution >= 0.6 is 11.6 Å². The van der Waals surface area contributed by atoms with Crippen LogP contribution in [0.25, 0.3) is 11.0 Å². The van der Waals surface area contributed by atoms with Gasteiger partial charge in [-0.1, -0.05) is 59.3 Å². The number of nitrogens with one attached hydrogen (secondary N) is 1. The molecule has 0 saturated carbocycles. The number of anilines is 1. The Morgan fingerprint density at radius 3 is 2.56 bits per heavy atom.